The molecule has 2 amide bonds. The van der Waals surface area contributed by atoms with Gasteiger partial charge in [0.2, 0.25) is 11.8 Å². The quantitative estimate of drug-likeness (QED) is 0.697. The molecule has 1 N–H and O–H groups in total. The maximum absolute atomic E-state index is 13.7. The smallest absolute Gasteiger partial charge is 0.229 e. The van der Waals surface area contributed by atoms with E-state index in [4.69, 9.17) is 4.74 Å². The number of rotatable bonds is 7. The molecule has 3 atom stereocenters. The van der Waals surface area contributed by atoms with Crippen molar-refractivity contribution in [3.05, 3.63) is 24.3 Å². The standard InChI is InChI=1S/C25H35N5O3/c1-33-14-13-29(16-18-7-6-12-28-11-5-4-10-22(18)28)25(32)19-15-23(31)30(17-19)24-20-8-2-3-9-21(20)26-27-24/h2-3,8-9,18-19,22H,4-7,10-17H2,1H3,(H,26,27)/t18-,19?,22+/m0/s1. The first-order chi connectivity index (χ1) is 16.2. The first kappa shape index (κ1) is 22.3. The molecule has 1 aromatic heterocycles. The number of H-pyrrole nitrogens is 1. The number of aromatic amines is 1. The lowest BCUT2D eigenvalue weighted by molar-refractivity contribution is -0.137. The molecule has 3 saturated heterocycles. The summed E-state index contributed by atoms with van der Waals surface area (Å²) in [6, 6.07) is 8.37. The summed E-state index contributed by atoms with van der Waals surface area (Å²) in [5, 5.41) is 8.30. The lowest BCUT2D eigenvalue weighted by Gasteiger charge is -2.46. The monoisotopic (exact) mass is 453 g/mol. The predicted octanol–water partition coefficient (Wildman–Crippen LogP) is 2.66. The molecule has 178 valence electrons. The van der Waals surface area contributed by atoms with Gasteiger partial charge in [-0.2, -0.15) is 5.10 Å². The van der Waals surface area contributed by atoms with E-state index >= 15 is 0 Å². The number of hydrogen-bond donors (Lipinski definition) is 1. The van der Waals surface area contributed by atoms with Crippen molar-refractivity contribution in [1.29, 1.82) is 0 Å². The highest BCUT2D eigenvalue weighted by atomic mass is 16.5. The number of carbonyl (C=O) groups is 2. The average Bonchev–Trinajstić information content (AvgIpc) is 3.44. The van der Waals surface area contributed by atoms with E-state index in [0.717, 1.165) is 17.4 Å². The van der Waals surface area contributed by atoms with Crippen LogP contribution in [0.25, 0.3) is 10.9 Å². The second-order valence-electron chi connectivity index (χ2n) is 9.78. The Bertz CT molecular complexity index is 989. The number of ether oxygens (including phenoxy) is 1. The van der Waals surface area contributed by atoms with E-state index in [-0.39, 0.29) is 24.2 Å². The summed E-state index contributed by atoms with van der Waals surface area (Å²) in [4.78, 5) is 32.9. The van der Waals surface area contributed by atoms with E-state index in [0.29, 0.717) is 37.5 Å². The van der Waals surface area contributed by atoms with Crippen molar-refractivity contribution < 1.29 is 14.3 Å². The summed E-state index contributed by atoms with van der Waals surface area (Å²) < 4.78 is 5.33. The molecule has 0 spiro atoms. The van der Waals surface area contributed by atoms with Crippen LogP contribution in [-0.2, 0) is 14.3 Å². The number of nitrogens with one attached hydrogen (secondary N) is 1. The van der Waals surface area contributed by atoms with Crippen LogP contribution in [0, 0.1) is 11.8 Å². The van der Waals surface area contributed by atoms with Crippen LogP contribution in [0.1, 0.15) is 38.5 Å². The summed E-state index contributed by atoms with van der Waals surface area (Å²) in [6.07, 6.45) is 6.43. The minimum absolute atomic E-state index is 0.0339. The number of hydrogen-bond acceptors (Lipinski definition) is 5. The number of benzene rings is 1. The van der Waals surface area contributed by atoms with Crippen LogP contribution in [0.3, 0.4) is 0 Å². The predicted molar refractivity (Wildman–Crippen MR) is 127 cm³/mol. The Balaban J connectivity index is 1.30. The molecule has 33 heavy (non-hydrogen) atoms. The summed E-state index contributed by atoms with van der Waals surface area (Å²) in [5.74, 6) is 0.836. The number of nitrogens with zero attached hydrogens (tertiary/aromatic N) is 4. The molecule has 0 saturated carbocycles. The van der Waals surface area contributed by atoms with E-state index in [1.54, 1.807) is 12.0 Å². The van der Waals surface area contributed by atoms with Crippen LogP contribution in [0.4, 0.5) is 5.82 Å². The van der Waals surface area contributed by atoms with E-state index in [1.807, 2.05) is 29.2 Å². The van der Waals surface area contributed by atoms with E-state index in [9.17, 15) is 9.59 Å². The molecule has 1 aromatic carbocycles. The molecule has 0 radical (unpaired) electrons. The van der Waals surface area contributed by atoms with Gasteiger partial charge in [0.15, 0.2) is 5.82 Å². The fourth-order valence-electron chi connectivity index (χ4n) is 6.06. The highest BCUT2D eigenvalue weighted by Gasteiger charge is 2.40. The van der Waals surface area contributed by atoms with Crippen LogP contribution >= 0.6 is 0 Å². The fourth-order valence-corrected chi connectivity index (χ4v) is 6.06. The average molecular weight is 454 g/mol. The van der Waals surface area contributed by atoms with E-state index in [2.05, 4.69) is 15.1 Å². The van der Waals surface area contributed by atoms with E-state index in [1.165, 1.54) is 45.2 Å². The molecule has 8 heteroatoms. The first-order valence-electron chi connectivity index (χ1n) is 12.4. The Morgan fingerprint density at radius 1 is 1.21 bits per heavy atom. The van der Waals surface area contributed by atoms with Crippen LogP contribution < -0.4 is 4.90 Å². The minimum atomic E-state index is -0.337. The van der Waals surface area contributed by atoms with Gasteiger partial charge in [-0.25, -0.2) is 0 Å². The van der Waals surface area contributed by atoms with Crippen LogP contribution in [0.5, 0.6) is 0 Å². The Morgan fingerprint density at radius 3 is 2.94 bits per heavy atom. The van der Waals surface area contributed by atoms with Crippen molar-refractivity contribution >= 4 is 28.5 Å². The third-order valence-corrected chi connectivity index (χ3v) is 7.74. The zero-order chi connectivity index (χ0) is 22.8. The number of methoxy groups -OCH3 is 1. The van der Waals surface area contributed by atoms with Gasteiger partial charge in [0.05, 0.1) is 18.0 Å². The maximum atomic E-state index is 13.7. The number of piperidine rings is 2. The number of aromatic nitrogens is 2. The van der Waals surface area contributed by atoms with Crippen molar-refractivity contribution in [3.63, 3.8) is 0 Å². The second-order valence-corrected chi connectivity index (χ2v) is 9.78. The largest absolute Gasteiger partial charge is 0.383 e. The number of fused-ring (bicyclic) bond motifs is 2. The molecule has 4 heterocycles. The Kier molecular flexibility index (Phi) is 6.64. The number of carbonyl (C=O) groups excluding carboxylic acids is 2. The van der Waals surface area contributed by atoms with Crippen molar-refractivity contribution in [3.8, 4) is 0 Å². The van der Waals surface area contributed by atoms with Crippen LogP contribution in [0.15, 0.2) is 24.3 Å². The normalized spacial score (nSPS) is 26.0. The lowest BCUT2D eigenvalue weighted by atomic mass is 9.83. The van der Waals surface area contributed by atoms with Crippen LogP contribution in [0.2, 0.25) is 0 Å². The molecule has 0 aliphatic carbocycles. The molecule has 3 aliphatic heterocycles. The molecule has 8 nitrogen and oxygen atoms in total. The maximum Gasteiger partial charge on any atom is 0.229 e. The van der Waals surface area contributed by atoms with Gasteiger partial charge in [0, 0.05) is 44.6 Å². The third-order valence-electron chi connectivity index (χ3n) is 7.74. The first-order valence-corrected chi connectivity index (χ1v) is 12.4. The molecule has 1 unspecified atom stereocenters. The van der Waals surface area contributed by atoms with Gasteiger partial charge >= 0.3 is 0 Å². The van der Waals surface area contributed by atoms with Crippen LogP contribution in [-0.4, -0.2) is 84.3 Å². The molecular formula is C25H35N5O3. The highest BCUT2D eigenvalue weighted by Crippen LogP contribution is 2.33. The topological polar surface area (TPSA) is 81.8 Å². The number of amides is 2. The van der Waals surface area contributed by atoms with Gasteiger partial charge in [-0.15, -0.1) is 0 Å². The number of anilines is 1. The van der Waals surface area contributed by atoms with Gasteiger partial charge in [0.1, 0.15) is 0 Å². The second kappa shape index (κ2) is 9.81. The molecule has 5 rings (SSSR count). The van der Waals surface area contributed by atoms with E-state index < -0.39 is 0 Å². The van der Waals surface area contributed by atoms with Crippen molar-refractivity contribution in [1.82, 2.24) is 20.0 Å². The lowest BCUT2D eigenvalue weighted by Crippen LogP contribution is -2.52. The van der Waals surface area contributed by atoms with Gasteiger partial charge in [-0.3, -0.25) is 19.6 Å². The van der Waals surface area contributed by atoms with Crippen molar-refractivity contribution in [2.75, 3.05) is 51.3 Å². The van der Waals surface area contributed by atoms with Gasteiger partial charge in [-0.05, 0) is 56.8 Å². The molecular weight excluding hydrogens is 418 g/mol. The Morgan fingerprint density at radius 2 is 2.06 bits per heavy atom. The van der Waals surface area contributed by atoms with Gasteiger partial charge in [0.25, 0.3) is 0 Å². The van der Waals surface area contributed by atoms with Gasteiger partial charge < -0.3 is 14.5 Å². The zero-order valence-corrected chi connectivity index (χ0v) is 19.5. The Labute approximate surface area is 195 Å². The van der Waals surface area contributed by atoms with Crippen molar-refractivity contribution in [2.45, 2.75) is 44.6 Å². The number of para-hydroxylation sites is 1. The zero-order valence-electron chi connectivity index (χ0n) is 19.5. The molecule has 0 bridgehead atoms. The highest BCUT2D eigenvalue weighted by molar-refractivity contribution is 6.05. The molecule has 3 fully saturated rings. The minimum Gasteiger partial charge on any atom is -0.383 e. The summed E-state index contributed by atoms with van der Waals surface area (Å²) >= 11 is 0. The molecule has 3 aliphatic rings. The SMILES string of the molecule is COCCN(C[C@@H]1CCCN2CCCC[C@H]12)C(=O)C1CC(=O)N(c2n[nH]c3ccccc23)C1. The molecule has 2 aromatic rings. The summed E-state index contributed by atoms with van der Waals surface area (Å²) in [7, 11) is 1.68. The third kappa shape index (κ3) is 4.51. The Hall–Kier alpha value is -2.45. The summed E-state index contributed by atoms with van der Waals surface area (Å²) in [6.45, 7) is 4.62. The summed E-state index contributed by atoms with van der Waals surface area (Å²) in [5.41, 5.74) is 0.895. The van der Waals surface area contributed by atoms with Gasteiger partial charge in [-0.1, -0.05) is 18.6 Å². The van der Waals surface area contributed by atoms with Crippen molar-refractivity contribution in [2.24, 2.45) is 11.8 Å². The fraction of sp³-hybridized carbons (Fsp3) is 0.640.